The number of aliphatic hydroxyl groups is 1. The summed E-state index contributed by atoms with van der Waals surface area (Å²) >= 11 is 0. The smallest absolute Gasteiger partial charge is 0.295 e. The molecule has 2 heterocycles. The maximum Gasteiger partial charge on any atom is 0.295 e. The van der Waals surface area contributed by atoms with Gasteiger partial charge in [-0.15, -0.1) is 0 Å². The molecule has 6 heteroatoms. The lowest BCUT2D eigenvalue weighted by Gasteiger charge is -2.26. The maximum atomic E-state index is 13.0. The minimum atomic E-state index is -0.678. The van der Waals surface area contributed by atoms with Crippen LogP contribution in [0.3, 0.4) is 0 Å². The Morgan fingerprint density at radius 2 is 1.77 bits per heavy atom. The third kappa shape index (κ3) is 3.32. The van der Waals surface area contributed by atoms with E-state index in [0.717, 1.165) is 11.1 Å². The number of nitrogens with zero attached hydrogens (tertiary/aromatic N) is 1. The van der Waals surface area contributed by atoms with Gasteiger partial charge >= 0.3 is 0 Å². The van der Waals surface area contributed by atoms with Gasteiger partial charge in [-0.25, -0.2) is 0 Å². The topological polar surface area (TPSA) is 76.1 Å². The number of aliphatic hydroxyl groups excluding tert-OH is 1. The largest absolute Gasteiger partial charge is 0.507 e. The highest BCUT2D eigenvalue weighted by Crippen LogP contribution is 2.42. The average molecular weight is 407 g/mol. The van der Waals surface area contributed by atoms with E-state index in [1.54, 1.807) is 18.2 Å². The zero-order valence-electron chi connectivity index (χ0n) is 17.4. The number of amides is 1. The Morgan fingerprint density at radius 3 is 2.47 bits per heavy atom. The van der Waals surface area contributed by atoms with Gasteiger partial charge in [-0.05, 0) is 55.2 Å². The molecular formula is C24H25NO5. The SMILES string of the molecule is CCCN1C(=O)C(=O)/C(=C(\O)c2ccc(C)c(C)c2)C1c1ccc2c(c1)OCCO2. The summed E-state index contributed by atoms with van der Waals surface area (Å²) in [5.74, 6) is -0.213. The normalized spacial score (nSPS) is 20.0. The minimum Gasteiger partial charge on any atom is -0.507 e. The van der Waals surface area contributed by atoms with Crippen molar-refractivity contribution in [2.45, 2.75) is 33.2 Å². The van der Waals surface area contributed by atoms with E-state index < -0.39 is 17.7 Å². The van der Waals surface area contributed by atoms with Crippen molar-refractivity contribution >= 4 is 17.4 Å². The van der Waals surface area contributed by atoms with Crippen LogP contribution in [0.4, 0.5) is 0 Å². The van der Waals surface area contributed by atoms with Gasteiger partial charge in [0.05, 0.1) is 11.6 Å². The molecule has 1 amide bonds. The van der Waals surface area contributed by atoms with E-state index in [1.165, 1.54) is 4.90 Å². The first kappa shape index (κ1) is 20.0. The van der Waals surface area contributed by atoms with Gasteiger partial charge in [0.25, 0.3) is 11.7 Å². The Balaban J connectivity index is 1.87. The first-order valence-corrected chi connectivity index (χ1v) is 10.2. The first-order chi connectivity index (χ1) is 14.4. The fraction of sp³-hybridized carbons (Fsp3) is 0.333. The highest BCUT2D eigenvalue weighted by atomic mass is 16.6. The van der Waals surface area contributed by atoms with Crippen molar-refractivity contribution in [1.82, 2.24) is 4.90 Å². The fourth-order valence-electron chi connectivity index (χ4n) is 3.97. The molecule has 6 nitrogen and oxygen atoms in total. The molecule has 0 bridgehead atoms. The van der Waals surface area contributed by atoms with Gasteiger partial charge in [0.2, 0.25) is 0 Å². The lowest BCUT2D eigenvalue weighted by molar-refractivity contribution is -0.139. The Labute approximate surface area is 175 Å². The lowest BCUT2D eigenvalue weighted by atomic mass is 9.94. The monoisotopic (exact) mass is 407 g/mol. The molecule has 0 aromatic heterocycles. The van der Waals surface area contributed by atoms with Crippen LogP contribution in [0.2, 0.25) is 0 Å². The minimum absolute atomic E-state index is 0.105. The molecule has 1 fully saturated rings. The fourth-order valence-corrected chi connectivity index (χ4v) is 3.97. The van der Waals surface area contributed by atoms with Gasteiger partial charge in [0.1, 0.15) is 19.0 Å². The Morgan fingerprint density at radius 1 is 1.03 bits per heavy atom. The number of hydrogen-bond acceptors (Lipinski definition) is 5. The molecule has 0 radical (unpaired) electrons. The van der Waals surface area contributed by atoms with E-state index in [0.29, 0.717) is 48.8 Å². The molecule has 1 atom stereocenters. The highest BCUT2D eigenvalue weighted by Gasteiger charge is 2.46. The number of carbonyl (C=O) groups is 2. The molecule has 0 saturated carbocycles. The van der Waals surface area contributed by atoms with E-state index in [1.807, 2.05) is 39.0 Å². The number of aryl methyl sites for hydroxylation is 2. The molecule has 2 aromatic rings. The number of benzene rings is 2. The van der Waals surface area contributed by atoms with Crippen molar-refractivity contribution in [3.05, 3.63) is 64.2 Å². The predicted molar refractivity (Wildman–Crippen MR) is 113 cm³/mol. The number of hydrogen-bond donors (Lipinski definition) is 1. The van der Waals surface area contributed by atoms with E-state index in [-0.39, 0.29) is 11.3 Å². The third-order valence-corrected chi connectivity index (χ3v) is 5.67. The van der Waals surface area contributed by atoms with Crippen LogP contribution in [0.5, 0.6) is 11.5 Å². The van der Waals surface area contributed by atoms with E-state index in [4.69, 9.17) is 9.47 Å². The quantitative estimate of drug-likeness (QED) is 0.473. The molecule has 2 aromatic carbocycles. The van der Waals surface area contributed by atoms with Crippen molar-refractivity contribution in [1.29, 1.82) is 0 Å². The molecule has 1 N–H and O–H groups in total. The summed E-state index contributed by atoms with van der Waals surface area (Å²) in [6, 6.07) is 10.2. The first-order valence-electron chi connectivity index (χ1n) is 10.2. The van der Waals surface area contributed by atoms with Gasteiger partial charge in [-0.2, -0.15) is 0 Å². The molecular weight excluding hydrogens is 382 g/mol. The van der Waals surface area contributed by atoms with Gasteiger partial charge in [-0.1, -0.05) is 25.1 Å². The second kappa shape index (κ2) is 7.86. The van der Waals surface area contributed by atoms with Crippen molar-refractivity contribution in [2.24, 2.45) is 0 Å². The number of Topliss-reactive ketones (excluding diaryl/α,β-unsaturated/α-hetero) is 1. The van der Waals surface area contributed by atoms with Crippen LogP contribution < -0.4 is 9.47 Å². The van der Waals surface area contributed by atoms with Crippen molar-refractivity contribution in [3.63, 3.8) is 0 Å². The summed E-state index contributed by atoms with van der Waals surface area (Å²) < 4.78 is 11.3. The predicted octanol–water partition coefficient (Wildman–Crippen LogP) is 3.91. The van der Waals surface area contributed by atoms with Gasteiger partial charge in [0, 0.05) is 12.1 Å². The standard InChI is InChI=1S/C24H25NO5/c1-4-9-25-21(16-7-8-18-19(13-16)30-11-10-29-18)20(23(27)24(25)28)22(26)17-6-5-14(2)15(3)12-17/h5-8,12-13,21,26H,4,9-11H2,1-3H3/b22-20-. The molecule has 156 valence electrons. The van der Waals surface area contributed by atoms with E-state index in [9.17, 15) is 14.7 Å². The zero-order chi connectivity index (χ0) is 21.4. The molecule has 2 aliphatic rings. The highest BCUT2D eigenvalue weighted by molar-refractivity contribution is 6.46. The van der Waals surface area contributed by atoms with Crippen molar-refractivity contribution < 1.29 is 24.2 Å². The molecule has 1 unspecified atom stereocenters. The summed E-state index contributed by atoms with van der Waals surface area (Å²) in [6.45, 7) is 7.20. The van der Waals surface area contributed by atoms with Crippen LogP contribution in [0.1, 0.15) is 41.6 Å². The van der Waals surface area contributed by atoms with E-state index in [2.05, 4.69) is 0 Å². The summed E-state index contributed by atoms with van der Waals surface area (Å²) in [6.07, 6.45) is 0.692. The van der Waals surface area contributed by atoms with Crippen molar-refractivity contribution in [3.8, 4) is 11.5 Å². The number of ketones is 1. The van der Waals surface area contributed by atoms with Crippen LogP contribution >= 0.6 is 0 Å². The number of ether oxygens (including phenoxy) is 2. The van der Waals surface area contributed by atoms with Crippen LogP contribution in [0.15, 0.2) is 42.0 Å². The number of rotatable bonds is 4. The summed E-state index contributed by atoms with van der Waals surface area (Å²) in [7, 11) is 0. The maximum absolute atomic E-state index is 13.0. The Hall–Kier alpha value is -3.28. The van der Waals surface area contributed by atoms with Gasteiger partial charge in [0.15, 0.2) is 11.5 Å². The lowest BCUT2D eigenvalue weighted by Crippen LogP contribution is -2.30. The van der Waals surface area contributed by atoms with Crippen LogP contribution in [0, 0.1) is 13.8 Å². The van der Waals surface area contributed by atoms with Gasteiger partial charge in [-0.3, -0.25) is 9.59 Å². The summed E-state index contributed by atoms with van der Waals surface area (Å²) in [5, 5.41) is 11.1. The van der Waals surface area contributed by atoms with Crippen LogP contribution in [-0.4, -0.2) is 41.5 Å². The van der Waals surface area contributed by atoms with Crippen molar-refractivity contribution in [2.75, 3.05) is 19.8 Å². The third-order valence-electron chi connectivity index (χ3n) is 5.67. The molecule has 0 aliphatic carbocycles. The molecule has 4 rings (SSSR count). The molecule has 0 spiro atoms. The number of carbonyl (C=O) groups excluding carboxylic acids is 2. The van der Waals surface area contributed by atoms with Crippen LogP contribution in [-0.2, 0) is 9.59 Å². The summed E-state index contributed by atoms with van der Waals surface area (Å²) in [4.78, 5) is 27.3. The number of likely N-dealkylation sites (tertiary alicyclic amines) is 1. The number of fused-ring (bicyclic) bond motifs is 1. The zero-order valence-corrected chi connectivity index (χ0v) is 17.4. The Bertz CT molecular complexity index is 1060. The molecule has 30 heavy (non-hydrogen) atoms. The average Bonchev–Trinajstić information content (AvgIpc) is 3.00. The Kier molecular flexibility index (Phi) is 5.24. The van der Waals surface area contributed by atoms with Crippen LogP contribution in [0.25, 0.3) is 5.76 Å². The van der Waals surface area contributed by atoms with Gasteiger partial charge < -0.3 is 19.5 Å². The molecule has 2 aliphatic heterocycles. The second-order valence-corrected chi connectivity index (χ2v) is 7.69. The summed E-state index contributed by atoms with van der Waals surface area (Å²) in [5.41, 5.74) is 3.42. The second-order valence-electron chi connectivity index (χ2n) is 7.69. The molecule has 1 saturated heterocycles. The van der Waals surface area contributed by atoms with E-state index >= 15 is 0 Å².